The molecule has 2 amide bonds. The second-order valence-corrected chi connectivity index (χ2v) is 12.6. The maximum Gasteiger partial charge on any atom is 0.410 e. The molecule has 2 aliphatic heterocycles. The number of esters is 1. The molecule has 4 rings (SSSR count). The molecule has 0 N–H and O–H groups in total. The zero-order chi connectivity index (χ0) is 28.9. The fourth-order valence-corrected chi connectivity index (χ4v) is 6.01. The van der Waals surface area contributed by atoms with E-state index in [0.29, 0.717) is 77.1 Å². The highest BCUT2D eigenvalue weighted by Crippen LogP contribution is 2.47. The van der Waals surface area contributed by atoms with Gasteiger partial charge in [-0.15, -0.1) is 0 Å². The van der Waals surface area contributed by atoms with Gasteiger partial charge >= 0.3 is 12.1 Å². The Bertz CT molecular complexity index is 885. The number of Topliss-reactive ketones (excluding diaryl/α,β-unsaturated/α-hetero) is 1. The van der Waals surface area contributed by atoms with Crippen molar-refractivity contribution in [2.24, 2.45) is 10.8 Å². The molecule has 4 aliphatic rings. The number of ketones is 1. The summed E-state index contributed by atoms with van der Waals surface area (Å²) in [5.74, 6) is -0.133. The SMILES string of the molecule is CCOC(=O)C1(CCN(C)C(=O)OC(C)(C)C)CCC2(CC1)OCCO2.CN1CCC2(CCC(=O)CC2)C1=O. The highest BCUT2D eigenvalue weighted by Gasteiger charge is 2.50. The van der Waals surface area contributed by atoms with Gasteiger partial charge in [-0.25, -0.2) is 4.79 Å². The molecular weight excluding hydrogens is 504 g/mol. The van der Waals surface area contributed by atoms with Gasteiger partial charge in [-0.3, -0.25) is 14.4 Å². The predicted octanol–water partition coefficient (Wildman–Crippen LogP) is 4.09. The number of amides is 2. The summed E-state index contributed by atoms with van der Waals surface area (Å²) in [6.07, 6.45) is 6.51. The van der Waals surface area contributed by atoms with E-state index in [1.165, 1.54) is 4.90 Å². The lowest BCUT2D eigenvalue weighted by Crippen LogP contribution is -2.46. The summed E-state index contributed by atoms with van der Waals surface area (Å²) in [6.45, 7) is 10.2. The quantitative estimate of drug-likeness (QED) is 0.469. The van der Waals surface area contributed by atoms with Crippen LogP contribution < -0.4 is 0 Å². The first-order valence-electron chi connectivity index (χ1n) is 14.4. The third-order valence-corrected chi connectivity index (χ3v) is 8.61. The van der Waals surface area contributed by atoms with E-state index in [1.54, 1.807) is 11.9 Å². The normalized spacial score (nSPS) is 23.4. The molecule has 2 saturated heterocycles. The molecule has 0 aromatic carbocycles. The Kier molecular flexibility index (Phi) is 10.1. The molecule has 0 atom stereocenters. The van der Waals surface area contributed by atoms with Gasteiger partial charge in [0.1, 0.15) is 11.4 Å². The Labute approximate surface area is 233 Å². The van der Waals surface area contributed by atoms with Gasteiger partial charge in [0.15, 0.2) is 5.79 Å². The largest absolute Gasteiger partial charge is 0.466 e. The lowest BCUT2D eigenvalue weighted by molar-refractivity contribution is -0.200. The summed E-state index contributed by atoms with van der Waals surface area (Å²) in [5, 5.41) is 0. The van der Waals surface area contributed by atoms with E-state index in [4.69, 9.17) is 18.9 Å². The van der Waals surface area contributed by atoms with Gasteiger partial charge in [0.25, 0.3) is 0 Å². The lowest BCUT2D eigenvalue weighted by Gasteiger charge is -2.42. The number of nitrogens with zero attached hydrogens (tertiary/aromatic N) is 2. The first-order chi connectivity index (χ1) is 18.3. The van der Waals surface area contributed by atoms with Crippen LogP contribution >= 0.6 is 0 Å². The topological polar surface area (TPSA) is 112 Å². The molecule has 2 aliphatic carbocycles. The third-order valence-electron chi connectivity index (χ3n) is 8.61. The summed E-state index contributed by atoms with van der Waals surface area (Å²) in [4.78, 5) is 51.1. The number of hydrogen-bond acceptors (Lipinski definition) is 8. The van der Waals surface area contributed by atoms with Gasteiger partial charge in [0.2, 0.25) is 5.91 Å². The van der Waals surface area contributed by atoms with Gasteiger partial charge < -0.3 is 28.7 Å². The summed E-state index contributed by atoms with van der Waals surface area (Å²) >= 11 is 0. The number of hydrogen-bond donors (Lipinski definition) is 0. The number of ether oxygens (including phenoxy) is 4. The molecule has 0 unspecified atom stereocenters. The van der Waals surface area contributed by atoms with E-state index in [2.05, 4.69) is 0 Å². The van der Waals surface area contributed by atoms with Crippen molar-refractivity contribution in [2.75, 3.05) is 47.0 Å². The van der Waals surface area contributed by atoms with E-state index >= 15 is 0 Å². The van der Waals surface area contributed by atoms with Crippen molar-refractivity contribution in [3.8, 4) is 0 Å². The minimum absolute atomic E-state index is 0.150. The monoisotopic (exact) mass is 552 g/mol. The van der Waals surface area contributed by atoms with Gasteiger partial charge in [-0.05, 0) is 66.2 Å². The van der Waals surface area contributed by atoms with E-state index in [-0.39, 0.29) is 23.4 Å². The maximum atomic E-state index is 12.7. The minimum Gasteiger partial charge on any atom is -0.466 e. The summed E-state index contributed by atoms with van der Waals surface area (Å²) < 4.78 is 22.3. The molecule has 222 valence electrons. The zero-order valence-electron chi connectivity index (χ0n) is 24.8. The Morgan fingerprint density at radius 3 is 2.05 bits per heavy atom. The molecule has 39 heavy (non-hydrogen) atoms. The number of carbonyl (C=O) groups excluding carboxylic acids is 4. The van der Waals surface area contributed by atoms with Crippen LogP contribution in [0.3, 0.4) is 0 Å². The molecule has 0 aromatic heterocycles. The van der Waals surface area contributed by atoms with Crippen LogP contribution in [0.5, 0.6) is 0 Å². The second kappa shape index (κ2) is 12.5. The van der Waals surface area contributed by atoms with Gasteiger partial charge in [0, 0.05) is 52.9 Å². The first-order valence-corrected chi connectivity index (χ1v) is 14.4. The molecule has 2 spiro atoms. The summed E-state index contributed by atoms with van der Waals surface area (Å²) in [5.41, 5.74) is -1.30. The van der Waals surface area contributed by atoms with E-state index in [0.717, 1.165) is 25.8 Å². The van der Waals surface area contributed by atoms with Crippen LogP contribution in [0.25, 0.3) is 0 Å². The van der Waals surface area contributed by atoms with E-state index in [9.17, 15) is 19.2 Å². The fourth-order valence-electron chi connectivity index (χ4n) is 6.01. The number of carbonyl (C=O) groups is 4. The molecule has 2 heterocycles. The maximum absolute atomic E-state index is 12.7. The molecule has 0 bridgehead atoms. The Morgan fingerprint density at radius 1 is 0.974 bits per heavy atom. The molecule has 2 saturated carbocycles. The molecule has 0 aromatic rings. The molecule has 0 radical (unpaired) electrons. The zero-order valence-corrected chi connectivity index (χ0v) is 24.8. The third kappa shape index (κ3) is 7.72. The van der Waals surface area contributed by atoms with Crippen LogP contribution in [0.1, 0.15) is 91.9 Å². The molecule has 4 fully saturated rings. The molecule has 10 nitrogen and oxygen atoms in total. The summed E-state index contributed by atoms with van der Waals surface area (Å²) in [7, 11) is 3.55. The molecular formula is C29H48N2O8. The Morgan fingerprint density at radius 2 is 1.56 bits per heavy atom. The average Bonchev–Trinajstić information content (AvgIpc) is 3.45. The van der Waals surface area contributed by atoms with Gasteiger partial charge in [0.05, 0.1) is 30.7 Å². The van der Waals surface area contributed by atoms with Crippen molar-refractivity contribution in [1.29, 1.82) is 0 Å². The van der Waals surface area contributed by atoms with Crippen LogP contribution in [0.2, 0.25) is 0 Å². The van der Waals surface area contributed by atoms with Crippen molar-refractivity contribution in [2.45, 2.75) is 103 Å². The standard InChI is InChI=1S/C19H33NO6.C10H15NO2/c1-6-23-15(21)18(7-9-19(10-8-18)24-13-14-25-19)11-12-20(5)16(22)26-17(2,3)4;1-11-7-6-10(9(11)13)4-2-8(12)3-5-10/h6-14H2,1-5H3;2-7H2,1H3. The summed E-state index contributed by atoms with van der Waals surface area (Å²) in [6, 6.07) is 0. The Hall–Kier alpha value is -2.20. The average molecular weight is 553 g/mol. The first kappa shape index (κ1) is 31.3. The van der Waals surface area contributed by atoms with E-state index in [1.807, 2.05) is 34.7 Å². The second-order valence-electron chi connectivity index (χ2n) is 12.6. The highest BCUT2D eigenvalue weighted by molar-refractivity contribution is 5.88. The van der Waals surface area contributed by atoms with Gasteiger partial charge in [-0.2, -0.15) is 0 Å². The van der Waals surface area contributed by atoms with Gasteiger partial charge in [-0.1, -0.05) is 0 Å². The smallest absolute Gasteiger partial charge is 0.410 e. The number of likely N-dealkylation sites (tertiary alicyclic amines) is 1. The lowest BCUT2D eigenvalue weighted by atomic mass is 9.69. The minimum atomic E-state index is -0.604. The van der Waals surface area contributed by atoms with Crippen molar-refractivity contribution in [3.63, 3.8) is 0 Å². The predicted molar refractivity (Wildman–Crippen MR) is 144 cm³/mol. The molecule has 10 heteroatoms. The van der Waals surface area contributed by atoms with Crippen molar-refractivity contribution >= 4 is 23.8 Å². The van der Waals surface area contributed by atoms with Crippen LogP contribution in [0.15, 0.2) is 0 Å². The van der Waals surface area contributed by atoms with Crippen LogP contribution in [-0.4, -0.2) is 91.9 Å². The number of rotatable bonds is 5. The highest BCUT2D eigenvalue weighted by atomic mass is 16.7. The fraction of sp³-hybridized carbons (Fsp3) is 0.862. The van der Waals surface area contributed by atoms with E-state index < -0.39 is 16.8 Å². The van der Waals surface area contributed by atoms with Crippen LogP contribution in [0.4, 0.5) is 4.79 Å². The van der Waals surface area contributed by atoms with Crippen molar-refractivity contribution in [3.05, 3.63) is 0 Å². The van der Waals surface area contributed by atoms with Crippen molar-refractivity contribution < 1.29 is 38.1 Å². The van der Waals surface area contributed by atoms with Crippen LogP contribution in [0, 0.1) is 10.8 Å². The Balaban J connectivity index is 0.000000268. The van der Waals surface area contributed by atoms with Crippen molar-refractivity contribution in [1.82, 2.24) is 9.80 Å². The van der Waals surface area contributed by atoms with Crippen LogP contribution in [-0.2, 0) is 33.3 Å².